The Morgan fingerprint density at radius 3 is 2.76 bits per heavy atom. The summed E-state index contributed by atoms with van der Waals surface area (Å²) in [6.07, 6.45) is 8.61. The minimum Gasteiger partial charge on any atom is -0.238 e. The summed E-state index contributed by atoms with van der Waals surface area (Å²) in [6, 6.07) is 2.06. The van der Waals surface area contributed by atoms with E-state index in [0.29, 0.717) is 5.92 Å². The Morgan fingerprint density at radius 2 is 2.12 bits per heavy atom. The van der Waals surface area contributed by atoms with Crippen molar-refractivity contribution in [2.45, 2.75) is 57.8 Å². The van der Waals surface area contributed by atoms with Crippen LogP contribution in [0.4, 0.5) is 0 Å². The number of aromatic nitrogens is 2. The van der Waals surface area contributed by atoms with Crippen LogP contribution in [0.3, 0.4) is 0 Å². The van der Waals surface area contributed by atoms with Gasteiger partial charge in [-0.1, -0.05) is 38.4 Å². The molecule has 17 heavy (non-hydrogen) atoms. The normalized spacial score (nSPS) is 14.9. The molecule has 0 N–H and O–H groups in total. The lowest BCUT2D eigenvalue weighted by atomic mass is 10.1. The third-order valence-corrected chi connectivity index (χ3v) is 3.42. The highest BCUT2D eigenvalue weighted by Gasteiger charge is 2.25. The predicted molar refractivity (Wildman–Crippen MR) is 74.6 cm³/mol. The maximum Gasteiger partial charge on any atom is 0.129 e. The first kappa shape index (κ1) is 12.6. The van der Waals surface area contributed by atoms with Gasteiger partial charge >= 0.3 is 0 Å². The maximum atomic E-state index is 4.98. The molecule has 1 fully saturated rings. The van der Waals surface area contributed by atoms with Crippen molar-refractivity contribution < 1.29 is 0 Å². The average Bonchev–Trinajstić information content (AvgIpc) is 3.18. The monoisotopic (exact) mass is 248 g/mol. The van der Waals surface area contributed by atoms with Crippen molar-refractivity contribution in [1.82, 2.24) is 9.97 Å². The Balaban J connectivity index is 1.99. The van der Waals surface area contributed by atoms with Gasteiger partial charge in [-0.15, -0.1) is 0 Å². The summed E-state index contributed by atoms with van der Waals surface area (Å²) in [5.74, 6) is 1.67. The third kappa shape index (κ3) is 3.84. The molecule has 1 saturated carbocycles. The molecule has 0 spiro atoms. The second kappa shape index (κ2) is 6.20. The molecule has 92 valence electrons. The van der Waals surface area contributed by atoms with Gasteiger partial charge in [-0.2, -0.15) is 0 Å². The van der Waals surface area contributed by atoms with Crippen LogP contribution in [-0.2, 0) is 6.42 Å². The number of thiocarbonyl (C=S) groups is 1. The molecule has 1 heterocycles. The number of aryl methyl sites for hydroxylation is 1. The Morgan fingerprint density at radius 1 is 1.29 bits per heavy atom. The van der Waals surface area contributed by atoms with Crippen molar-refractivity contribution in [2.24, 2.45) is 0 Å². The van der Waals surface area contributed by atoms with Gasteiger partial charge in [0.2, 0.25) is 0 Å². The van der Waals surface area contributed by atoms with E-state index in [4.69, 9.17) is 12.2 Å². The number of hydrogen-bond acceptors (Lipinski definition) is 3. The van der Waals surface area contributed by atoms with Crippen LogP contribution in [0.1, 0.15) is 68.6 Å². The molecule has 0 saturated heterocycles. The molecule has 3 heteroatoms. The SMILES string of the molecule is CCCCCCc1nc(C=S)cc(C2CC2)n1. The van der Waals surface area contributed by atoms with E-state index in [1.54, 1.807) is 5.37 Å². The lowest BCUT2D eigenvalue weighted by Crippen LogP contribution is -2.02. The molecule has 1 aromatic heterocycles. The second-order valence-corrected chi connectivity index (χ2v) is 5.07. The molecular weight excluding hydrogens is 228 g/mol. The van der Waals surface area contributed by atoms with Crippen LogP contribution in [-0.4, -0.2) is 15.3 Å². The summed E-state index contributed by atoms with van der Waals surface area (Å²) >= 11 is 4.98. The fourth-order valence-electron chi connectivity index (χ4n) is 2.01. The zero-order chi connectivity index (χ0) is 12.1. The molecule has 0 atom stereocenters. The predicted octanol–water partition coefficient (Wildman–Crippen LogP) is 3.82. The number of nitrogens with zero attached hydrogens (tertiary/aromatic N) is 2. The van der Waals surface area contributed by atoms with Crippen LogP contribution in [0, 0.1) is 0 Å². The van der Waals surface area contributed by atoms with Crippen molar-refractivity contribution in [3.05, 3.63) is 23.3 Å². The number of unbranched alkanes of at least 4 members (excludes halogenated alkanes) is 3. The van der Waals surface area contributed by atoms with Crippen molar-refractivity contribution in [1.29, 1.82) is 0 Å². The van der Waals surface area contributed by atoms with E-state index in [-0.39, 0.29) is 0 Å². The Hall–Kier alpha value is -0.830. The summed E-state index contributed by atoms with van der Waals surface area (Å²) in [7, 11) is 0. The third-order valence-electron chi connectivity index (χ3n) is 3.18. The van der Waals surface area contributed by atoms with E-state index in [0.717, 1.165) is 17.9 Å². The zero-order valence-electron chi connectivity index (χ0n) is 10.5. The van der Waals surface area contributed by atoms with E-state index >= 15 is 0 Å². The lowest BCUT2D eigenvalue weighted by molar-refractivity contribution is 0.649. The van der Waals surface area contributed by atoms with Crippen molar-refractivity contribution in [2.75, 3.05) is 0 Å². The maximum absolute atomic E-state index is 4.98. The van der Waals surface area contributed by atoms with Gasteiger partial charge in [-0.3, -0.25) is 0 Å². The van der Waals surface area contributed by atoms with E-state index in [1.165, 1.54) is 44.2 Å². The molecule has 0 aromatic carbocycles. The van der Waals surface area contributed by atoms with Crippen molar-refractivity contribution in [3.8, 4) is 0 Å². The van der Waals surface area contributed by atoms with Crippen LogP contribution in [0.5, 0.6) is 0 Å². The minimum atomic E-state index is 0.682. The zero-order valence-corrected chi connectivity index (χ0v) is 11.3. The standard InChI is InChI=1S/C14H20N2S/c1-2-3-4-5-6-14-15-12(10-17)9-13(16-14)11-7-8-11/h9-11H,2-8H2,1H3. The first-order chi connectivity index (χ1) is 8.33. The largest absolute Gasteiger partial charge is 0.238 e. The first-order valence-corrected chi connectivity index (χ1v) is 7.13. The Labute approximate surface area is 109 Å². The summed E-state index contributed by atoms with van der Waals surface area (Å²) in [6.45, 7) is 2.23. The highest BCUT2D eigenvalue weighted by atomic mass is 32.1. The molecule has 1 aromatic rings. The van der Waals surface area contributed by atoms with Crippen LogP contribution in [0.15, 0.2) is 6.07 Å². The van der Waals surface area contributed by atoms with Gasteiger partial charge < -0.3 is 0 Å². The lowest BCUT2D eigenvalue weighted by Gasteiger charge is -2.05. The van der Waals surface area contributed by atoms with Crippen molar-refractivity contribution >= 4 is 17.6 Å². The summed E-state index contributed by atoms with van der Waals surface area (Å²) in [5.41, 5.74) is 2.13. The molecular formula is C14H20N2S. The quantitative estimate of drug-likeness (QED) is 0.542. The summed E-state index contributed by atoms with van der Waals surface area (Å²) in [4.78, 5) is 9.15. The van der Waals surface area contributed by atoms with E-state index < -0.39 is 0 Å². The topological polar surface area (TPSA) is 25.8 Å². The fourth-order valence-corrected chi connectivity index (χ4v) is 2.13. The molecule has 2 rings (SSSR count). The van der Waals surface area contributed by atoms with Gasteiger partial charge in [-0.25, -0.2) is 9.97 Å². The van der Waals surface area contributed by atoms with Gasteiger partial charge in [0.15, 0.2) is 0 Å². The highest BCUT2D eigenvalue weighted by molar-refractivity contribution is 7.79. The average molecular weight is 248 g/mol. The Bertz CT molecular complexity index is 386. The Kier molecular flexibility index (Phi) is 4.60. The summed E-state index contributed by atoms with van der Waals surface area (Å²) in [5, 5.41) is 1.67. The van der Waals surface area contributed by atoms with Gasteiger partial charge in [0.25, 0.3) is 0 Å². The first-order valence-electron chi connectivity index (χ1n) is 6.66. The smallest absolute Gasteiger partial charge is 0.129 e. The van der Waals surface area contributed by atoms with Crippen LogP contribution in [0.25, 0.3) is 0 Å². The van der Waals surface area contributed by atoms with Crippen LogP contribution >= 0.6 is 12.2 Å². The second-order valence-electron chi connectivity index (χ2n) is 4.84. The van der Waals surface area contributed by atoms with Gasteiger partial charge in [0.1, 0.15) is 5.82 Å². The minimum absolute atomic E-state index is 0.682. The van der Waals surface area contributed by atoms with Gasteiger partial charge in [0, 0.05) is 23.4 Å². The molecule has 0 radical (unpaired) electrons. The van der Waals surface area contributed by atoms with Crippen LogP contribution in [0.2, 0.25) is 0 Å². The number of rotatable bonds is 7. The molecule has 0 unspecified atom stereocenters. The molecule has 0 amide bonds. The molecule has 0 aliphatic heterocycles. The van der Waals surface area contributed by atoms with Crippen LogP contribution < -0.4 is 0 Å². The molecule has 0 bridgehead atoms. The van der Waals surface area contributed by atoms with Crippen molar-refractivity contribution in [3.63, 3.8) is 0 Å². The summed E-state index contributed by atoms with van der Waals surface area (Å²) < 4.78 is 0. The van der Waals surface area contributed by atoms with Gasteiger partial charge in [-0.05, 0) is 25.3 Å². The van der Waals surface area contributed by atoms with Gasteiger partial charge in [0.05, 0.1) is 5.69 Å². The fraction of sp³-hybridized carbons (Fsp3) is 0.643. The molecule has 1 aliphatic carbocycles. The van der Waals surface area contributed by atoms with E-state index in [1.807, 2.05) is 0 Å². The number of hydrogen-bond donors (Lipinski definition) is 0. The van der Waals surface area contributed by atoms with E-state index in [2.05, 4.69) is 23.0 Å². The molecule has 1 aliphatic rings. The molecule has 2 nitrogen and oxygen atoms in total. The highest BCUT2D eigenvalue weighted by Crippen LogP contribution is 2.39. The van der Waals surface area contributed by atoms with E-state index in [9.17, 15) is 0 Å².